The van der Waals surface area contributed by atoms with Crippen molar-refractivity contribution in [2.45, 2.75) is 101 Å². The summed E-state index contributed by atoms with van der Waals surface area (Å²) in [6.07, 6.45) is 6.91. The Morgan fingerprint density at radius 2 is 1.80 bits per heavy atom. The van der Waals surface area contributed by atoms with E-state index in [1.807, 2.05) is 6.92 Å². The molecule has 2 N–H and O–H groups in total. The number of rotatable bonds is 6. The molecule has 1 aromatic heterocycles. The second-order valence-corrected chi connectivity index (χ2v) is 11.2. The number of carbonyl (C=O) groups is 1. The lowest BCUT2D eigenvalue weighted by atomic mass is 9.92. The molecular weight excluding hydrogens is 404 g/mol. The summed E-state index contributed by atoms with van der Waals surface area (Å²) in [6.45, 7) is 4.46. The van der Waals surface area contributed by atoms with Crippen LogP contribution in [0.15, 0.2) is 6.07 Å². The van der Waals surface area contributed by atoms with E-state index in [4.69, 9.17) is 0 Å². The lowest BCUT2D eigenvalue weighted by Gasteiger charge is -2.32. The lowest BCUT2D eigenvalue weighted by molar-refractivity contribution is -0.0399. The Bertz CT molecular complexity index is 775. The Morgan fingerprint density at radius 3 is 2.47 bits per heavy atom. The summed E-state index contributed by atoms with van der Waals surface area (Å²) in [5.41, 5.74) is 0.732. The fourth-order valence-electron chi connectivity index (χ4n) is 5.23. The van der Waals surface area contributed by atoms with Crippen LogP contribution in [0.1, 0.15) is 83.8 Å². The molecule has 1 saturated heterocycles. The Hall–Kier alpha value is -1.05. The van der Waals surface area contributed by atoms with Crippen LogP contribution in [0.2, 0.25) is 0 Å². The van der Waals surface area contributed by atoms with Gasteiger partial charge in [0.25, 0.3) is 5.91 Å². The molecule has 0 bridgehead atoms. The van der Waals surface area contributed by atoms with Crippen LogP contribution in [-0.2, 0) is 0 Å². The fourth-order valence-corrected chi connectivity index (χ4v) is 6.43. The van der Waals surface area contributed by atoms with Crippen molar-refractivity contribution in [3.8, 4) is 0 Å². The van der Waals surface area contributed by atoms with Gasteiger partial charge in [-0.3, -0.25) is 4.79 Å². The van der Waals surface area contributed by atoms with Gasteiger partial charge in [-0.25, -0.2) is 8.78 Å². The zero-order chi connectivity index (χ0) is 20.9. The number of nitrogens with zero attached hydrogens (tertiary/aromatic N) is 1. The topological polar surface area (TPSA) is 44.4 Å². The van der Waals surface area contributed by atoms with E-state index in [0.717, 1.165) is 22.9 Å². The largest absolute Gasteiger partial charge is 0.349 e. The number of likely N-dealkylation sites (tertiary alicyclic amines) is 1. The molecule has 30 heavy (non-hydrogen) atoms. The molecule has 0 aromatic carbocycles. The Morgan fingerprint density at radius 1 is 1.10 bits per heavy atom. The van der Waals surface area contributed by atoms with Crippen LogP contribution in [0.3, 0.4) is 0 Å². The first kappa shape index (κ1) is 20.8. The number of alkyl halides is 2. The van der Waals surface area contributed by atoms with Crippen LogP contribution >= 0.6 is 11.3 Å². The third-order valence-corrected chi connectivity index (χ3v) is 8.61. The van der Waals surface area contributed by atoms with E-state index in [9.17, 15) is 13.6 Å². The average Bonchev–Trinajstić information content (AvgIpc) is 3.63. The van der Waals surface area contributed by atoms with Crippen molar-refractivity contribution in [1.29, 1.82) is 0 Å². The van der Waals surface area contributed by atoms with Crippen molar-refractivity contribution in [2.75, 3.05) is 13.1 Å². The highest BCUT2D eigenvalue weighted by molar-refractivity contribution is 7.12. The molecular formula is C23H33F2N3OS. The molecule has 4 nitrogen and oxygen atoms in total. The number of amides is 1. The molecule has 1 amide bonds. The number of hydrogen-bond donors (Lipinski definition) is 2. The molecule has 3 aliphatic carbocycles. The summed E-state index contributed by atoms with van der Waals surface area (Å²) in [4.78, 5) is 17.7. The van der Waals surface area contributed by atoms with Gasteiger partial charge in [0.05, 0.1) is 5.56 Å². The van der Waals surface area contributed by atoms with Crippen LogP contribution < -0.4 is 10.6 Å². The highest BCUT2D eigenvalue weighted by Crippen LogP contribution is 2.45. The van der Waals surface area contributed by atoms with Crippen molar-refractivity contribution < 1.29 is 13.6 Å². The van der Waals surface area contributed by atoms with Gasteiger partial charge in [0.2, 0.25) is 5.92 Å². The molecule has 2 heterocycles. The maximum absolute atomic E-state index is 13.3. The number of piperidine rings is 1. The summed E-state index contributed by atoms with van der Waals surface area (Å²) in [5.74, 6) is -2.14. The molecule has 1 aromatic rings. The van der Waals surface area contributed by atoms with Crippen molar-refractivity contribution >= 4 is 17.2 Å². The molecule has 2 unspecified atom stereocenters. The van der Waals surface area contributed by atoms with Gasteiger partial charge in [0.1, 0.15) is 0 Å². The second-order valence-electron chi connectivity index (χ2n) is 9.88. The third kappa shape index (κ3) is 4.73. The molecule has 4 fully saturated rings. The molecule has 1 aliphatic heterocycles. The minimum Gasteiger partial charge on any atom is -0.349 e. The van der Waals surface area contributed by atoms with Crippen LogP contribution in [0.4, 0.5) is 8.78 Å². The van der Waals surface area contributed by atoms with E-state index in [1.54, 1.807) is 11.3 Å². The Kier molecular flexibility index (Phi) is 5.65. The van der Waals surface area contributed by atoms with E-state index in [0.29, 0.717) is 30.8 Å². The molecule has 7 heteroatoms. The summed E-state index contributed by atoms with van der Waals surface area (Å²) in [6, 6.07) is 3.97. The van der Waals surface area contributed by atoms with Gasteiger partial charge in [0.15, 0.2) is 0 Å². The van der Waals surface area contributed by atoms with Gasteiger partial charge >= 0.3 is 0 Å². The Labute approximate surface area is 181 Å². The van der Waals surface area contributed by atoms with Crippen LogP contribution in [-0.4, -0.2) is 54.0 Å². The summed E-state index contributed by atoms with van der Waals surface area (Å²) in [7, 11) is 0. The van der Waals surface area contributed by atoms with Gasteiger partial charge in [-0.2, -0.15) is 0 Å². The number of hydrogen-bond acceptors (Lipinski definition) is 4. The average molecular weight is 438 g/mol. The first-order chi connectivity index (χ1) is 14.4. The normalized spacial score (nSPS) is 30.4. The number of nitrogens with one attached hydrogen (secondary N) is 2. The van der Waals surface area contributed by atoms with E-state index < -0.39 is 5.92 Å². The molecule has 0 spiro atoms. The fraction of sp³-hybridized carbons (Fsp3) is 0.783. The minimum atomic E-state index is -2.56. The smallest absolute Gasteiger partial charge is 0.252 e. The van der Waals surface area contributed by atoms with Gasteiger partial charge < -0.3 is 15.5 Å². The highest BCUT2D eigenvalue weighted by atomic mass is 32.1. The van der Waals surface area contributed by atoms with Gasteiger partial charge in [-0.15, -0.1) is 11.3 Å². The monoisotopic (exact) mass is 437 g/mol. The molecule has 4 aliphatic rings. The maximum atomic E-state index is 13.3. The van der Waals surface area contributed by atoms with Gasteiger partial charge in [0, 0.05) is 52.7 Å². The van der Waals surface area contributed by atoms with E-state index in [1.165, 1.54) is 43.6 Å². The maximum Gasteiger partial charge on any atom is 0.252 e. The van der Waals surface area contributed by atoms with E-state index in [-0.39, 0.29) is 24.8 Å². The summed E-state index contributed by atoms with van der Waals surface area (Å²) in [5, 5.41) is 6.86. The number of aryl methyl sites for hydroxylation is 1. The Balaban J connectivity index is 1.11. The van der Waals surface area contributed by atoms with Gasteiger partial charge in [-0.1, -0.05) is 0 Å². The van der Waals surface area contributed by atoms with Crippen molar-refractivity contribution in [3.63, 3.8) is 0 Å². The first-order valence-corrected chi connectivity index (χ1v) is 12.5. The second kappa shape index (κ2) is 8.14. The number of thiophene rings is 1. The quantitative estimate of drug-likeness (QED) is 0.692. The number of halogens is 2. The molecule has 166 valence electrons. The molecule has 3 saturated carbocycles. The standard InChI is InChI=1S/C23H33F2N3OS/c1-14-18(22(29)27-15-4-8-23(24,25)9-5-15)13-21(30-14)19-12-20(19)26-16-6-10-28(11-7-16)17-2-3-17/h13,15-17,19-20,26H,2-12H2,1H3,(H,27,29). The SMILES string of the molecule is Cc1sc(C2CC2NC2CCN(C3CC3)CC2)cc1C(=O)NC1CCC(F)(F)CC1. The molecule has 0 radical (unpaired) electrons. The van der Waals surface area contributed by atoms with Crippen molar-refractivity contribution in [3.05, 3.63) is 21.4 Å². The number of carbonyl (C=O) groups excluding carboxylic acids is 1. The summed E-state index contributed by atoms with van der Waals surface area (Å²) >= 11 is 1.72. The predicted molar refractivity (Wildman–Crippen MR) is 116 cm³/mol. The zero-order valence-corrected chi connectivity index (χ0v) is 18.6. The van der Waals surface area contributed by atoms with Crippen LogP contribution in [0, 0.1) is 6.92 Å². The van der Waals surface area contributed by atoms with Crippen molar-refractivity contribution in [2.24, 2.45) is 0 Å². The summed E-state index contributed by atoms with van der Waals surface area (Å²) < 4.78 is 26.7. The van der Waals surface area contributed by atoms with E-state index in [2.05, 4.69) is 21.6 Å². The first-order valence-electron chi connectivity index (χ1n) is 11.7. The molecule has 2 atom stereocenters. The predicted octanol–water partition coefficient (Wildman–Crippen LogP) is 4.44. The van der Waals surface area contributed by atoms with Crippen LogP contribution in [0.5, 0.6) is 0 Å². The highest BCUT2D eigenvalue weighted by Gasteiger charge is 2.42. The van der Waals surface area contributed by atoms with Crippen LogP contribution in [0.25, 0.3) is 0 Å². The molecule has 5 rings (SSSR count). The van der Waals surface area contributed by atoms with Crippen molar-refractivity contribution in [1.82, 2.24) is 15.5 Å². The minimum absolute atomic E-state index is 0.0946. The third-order valence-electron chi connectivity index (χ3n) is 7.43. The lowest BCUT2D eigenvalue weighted by Crippen LogP contribution is -2.44. The zero-order valence-electron chi connectivity index (χ0n) is 17.8. The van der Waals surface area contributed by atoms with E-state index >= 15 is 0 Å². The van der Waals surface area contributed by atoms with Gasteiger partial charge in [-0.05, 0) is 71.0 Å².